The van der Waals surface area contributed by atoms with Gasteiger partial charge in [0.2, 0.25) is 0 Å². The average molecular weight is 337 g/mol. The summed E-state index contributed by atoms with van der Waals surface area (Å²) in [5.41, 5.74) is 2.83. The Balaban J connectivity index is 1.43. The summed E-state index contributed by atoms with van der Waals surface area (Å²) in [5.74, 6) is 1.64. The zero-order valence-corrected chi connectivity index (χ0v) is 15.0. The van der Waals surface area contributed by atoms with Gasteiger partial charge in [0.25, 0.3) is 0 Å². The van der Waals surface area contributed by atoms with E-state index in [0.29, 0.717) is 5.92 Å². The molecule has 4 rings (SSSR count). The van der Waals surface area contributed by atoms with E-state index in [9.17, 15) is 0 Å². The summed E-state index contributed by atoms with van der Waals surface area (Å²) in [6, 6.07) is 13.2. The number of benzene rings is 2. The molecule has 0 radical (unpaired) electrons. The van der Waals surface area contributed by atoms with Crippen LogP contribution in [0.3, 0.4) is 0 Å². The summed E-state index contributed by atoms with van der Waals surface area (Å²) >= 11 is 0. The van der Waals surface area contributed by atoms with Crippen LogP contribution in [0.1, 0.15) is 24.8 Å². The summed E-state index contributed by atoms with van der Waals surface area (Å²) in [5, 5.41) is 2.54. The highest BCUT2D eigenvalue weighted by Gasteiger charge is 2.15. The first-order valence-corrected chi connectivity index (χ1v) is 9.40. The molecule has 1 fully saturated rings. The lowest BCUT2D eigenvalue weighted by Crippen LogP contribution is -2.23. The molecule has 1 unspecified atom stereocenters. The first-order chi connectivity index (χ1) is 12.3. The molecular weight excluding hydrogens is 310 g/mol. The van der Waals surface area contributed by atoms with Crippen LogP contribution in [0.2, 0.25) is 0 Å². The maximum Gasteiger partial charge on any atom is 0.119 e. The number of fused-ring (bicyclic) bond motifs is 1. The zero-order valence-electron chi connectivity index (χ0n) is 15.0. The minimum Gasteiger partial charge on any atom is -0.494 e. The second-order valence-corrected chi connectivity index (χ2v) is 7.33. The fraction of sp³-hybridized carbons (Fsp3) is 0.455. The standard InChI is InChI=1S/C22H27NO2/c1-23-10-6-18(7-11-23)19-2-3-21-15-22(5-4-20(21)14-19)25-13-9-17-8-12-24-16-17/h2-6,14-15,17H,7-13,16H2,1H3. The predicted molar refractivity (Wildman–Crippen MR) is 103 cm³/mol. The smallest absolute Gasteiger partial charge is 0.119 e. The van der Waals surface area contributed by atoms with Gasteiger partial charge in [0.15, 0.2) is 0 Å². The number of hydrogen-bond acceptors (Lipinski definition) is 3. The summed E-state index contributed by atoms with van der Waals surface area (Å²) in [6.45, 7) is 4.78. The number of ether oxygens (including phenoxy) is 2. The van der Waals surface area contributed by atoms with Crippen molar-refractivity contribution in [3.63, 3.8) is 0 Å². The molecule has 0 bridgehead atoms. The first kappa shape index (κ1) is 16.6. The predicted octanol–water partition coefficient (Wildman–Crippen LogP) is 4.36. The van der Waals surface area contributed by atoms with E-state index < -0.39 is 0 Å². The van der Waals surface area contributed by atoms with Gasteiger partial charge in [0, 0.05) is 26.3 Å². The van der Waals surface area contributed by atoms with Crippen LogP contribution in [0.5, 0.6) is 5.75 Å². The van der Waals surface area contributed by atoms with Crippen LogP contribution in [0.4, 0.5) is 0 Å². The largest absolute Gasteiger partial charge is 0.494 e. The molecule has 0 amide bonds. The lowest BCUT2D eigenvalue weighted by atomic mass is 9.97. The molecule has 2 heterocycles. The minimum absolute atomic E-state index is 0.672. The molecule has 1 saturated heterocycles. The third kappa shape index (κ3) is 4.05. The molecule has 2 aliphatic rings. The Bertz CT molecular complexity index is 762. The Kier molecular flexibility index (Phi) is 5.04. The normalized spacial score (nSPS) is 21.5. The van der Waals surface area contributed by atoms with Crippen molar-refractivity contribution in [1.82, 2.24) is 4.90 Å². The van der Waals surface area contributed by atoms with Crippen molar-refractivity contribution in [3.05, 3.63) is 48.0 Å². The highest BCUT2D eigenvalue weighted by molar-refractivity contribution is 5.87. The van der Waals surface area contributed by atoms with Crippen LogP contribution in [-0.4, -0.2) is 44.9 Å². The Morgan fingerprint density at radius 2 is 2.04 bits per heavy atom. The summed E-state index contributed by atoms with van der Waals surface area (Å²) in [4.78, 5) is 2.35. The molecule has 0 N–H and O–H groups in total. The van der Waals surface area contributed by atoms with E-state index in [-0.39, 0.29) is 0 Å². The molecule has 2 aliphatic heterocycles. The van der Waals surface area contributed by atoms with E-state index in [2.05, 4.69) is 54.4 Å². The van der Waals surface area contributed by atoms with Gasteiger partial charge in [-0.2, -0.15) is 0 Å². The van der Waals surface area contributed by atoms with E-state index >= 15 is 0 Å². The molecule has 3 nitrogen and oxygen atoms in total. The first-order valence-electron chi connectivity index (χ1n) is 9.40. The van der Waals surface area contributed by atoms with Crippen LogP contribution in [-0.2, 0) is 4.74 Å². The third-order valence-corrected chi connectivity index (χ3v) is 5.41. The van der Waals surface area contributed by atoms with Crippen LogP contribution >= 0.6 is 0 Å². The average Bonchev–Trinajstić information content (AvgIpc) is 3.15. The van der Waals surface area contributed by atoms with E-state index in [0.717, 1.165) is 51.5 Å². The van der Waals surface area contributed by atoms with Gasteiger partial charge in [-0.1, -0.05) is 24.3 Å². The molecule has 1 atom stereocenters. The van der Waals surface area contributed by atoms with Gasteiger partial charge >= 0.3 is 0 Å². The number of likely N-dealkylation sites (N-methyl/N-ethyl adjacent to an activating group) is 1. The van der Waals surface area contributed by atoms with E-state index in [1.165, 1.54) is 28.3 Å². The molecule has 0 saturated carbocycles. The molecule has 2 aromatic rings. The van der Waals surface area contributed by atoms with Gasteiger partial charge in [-0.25, -0.2) is 0 Å². The lowest BCUT2D eigenvalue weighted by Gasteiger charge is -2.22. The Morgan fingerprint density at radius 1 is 1.16 bits per heavy atom. The van der Waals surface area contributed by atoms with Gasteiger partial charge in [0.1, 0.15) is 5.75 Å². The van der Waals surface area contributed by atoms with Gasteiger partial charge in [-0.3, -0.25) is 0 Å². The van der Waals surface area contributed by atoms with E-state index in [4.69, 9.17) is 9.47 Å². The van der Waals surface area contributed by atoms with Crippen molar-refractivity contribution in [2.45, 2.75) is 19.3 Å². The second kappa shape index (κ2) is 7.59. The maximum absolute atomic E-state index is 5.96. The topological polar surface area (TPSA) is 21.7 Å². The van der Waals surface area contributed by atoms with E-state index in [1.807, 2.05) is 0 Å². The quantitative estimate of drug-likeness (QED) is 0.809. The molecule has 132 valence electrons. The summed E-state index contributed by atoms with van der Waals surface area (Å²) in [7, 11) is 2.18. The summed E-state index contributed by atoms with van der Waals surface area (Å²) < 4.78 is 11.4. The van der Waals surface area contributed by atoms with Crippen molar-refractivity contribution in [3.8, 4) is 5.75 Å². The number of hydrogen-bond donors (Lipinski definition) is 0. The molecule has 0 spiro atoms. The van der Waals surface area contributed by atoms with Crippen molar-refractivity contribution >= 4 is 16.3 Å². The van der Waals surface area contributed by atoms with Crippen molar-refractivity contribution in [1.29, 1.82) is 0 Å². The van der Waals surface area contributed by atoms with Crippen molar-refractivity contribution in [2.24, 2.45) is 5.92 Å². The van der Waals surface area contributed by atoms with Crippen LogP contribution in [0.25, 0.3) is 16.3 Å². The zero-order chi connectivity index (χ0) is 17.1. The van der Waals surface area contributed by atoms with Gasteiger partial charge in [-0.05, 0) is 72.3 Å². The molecule has 3 heteroatoms. The van der Waals surface area contributed by atoms with Gasteiger partial charge in [0.05, 0.1) is 6.61 Å². The highest BCUT2D eigenvalue weighted by atomic mass is 16.5. The van der Waals surface area contributed by atoms with Crippen LogP contribution in [0.15, 0.2) is 42.5 Å². The molecule has 2 aromatic carbocycles. The Hall–Kier alpha value is -1.84. The number of nitrogens with zero attached hydrogens (tertiary/aromatic N) is 1. The second-order valence-electron chi connectivity index (χ2n) is 7.33. The minimum atomic E-state index is 0.672. The Labute approximate surface area is 150 Å². The molecular formula is C22H27NO2. The maximum atomic E-state index is 5.96. The summed E-state index contributed by atoms with van der Waals surface area (Å²) in [6.07, 6.45) is 5.75. The highest BCUT2D eigenvalue weighted by Crippen LogP contribution is 2.28. The Morgan fingerprint density at radius 3 is 2.84 bits per heavy atom. The fourth-order valence-electron chi connectivity index (χ4n) is 3.70. The third-order valence-electron chi connectivity index (χ3n) is 5.41. The molecule has 0 aliphatic carbocycles. The fourth-order valence-corrected chi connectivity index (χ4v) is 3.70. The van der Waals surface area contributed by atoms with Crippen molar-refractivity contribution < 1.29 is 9.47 Å². The van der Waals surface area contributed by atoms with Crippen molar-refractivity contribution in [2.75, 3.05) is 40.0 Å². The van der Waals surface area contributed by atoms with Gasteiger partial charge in [-0.15, -0.1) is 0 Å². The molecule has 0 aromatic heterocycles. The van der Waals surface area contributed by atoms with E-state index in [1.54, 1.807) is 0 Å². The lowest BCUT2D eigenvalue weighted by molar-refractivity contribution is 0.178. The van der Waals surface area contributed by atoms with Crippen LogP contribution in [0, 0.1) is 5.92 Å². The van der Waals surface area contributed by atoms with Crippen LogP contribution < -0.4 is 4.74 Å². The SMILES string of the molecule is CN1CC=C(c2ccc3cc(OCCC4CCOC4)ccc3c2)CC1. The molecule has 25 heavy (non-hydrogen) atoms. The van der Waals surface area contributed by atoms with Gasteiger partial charge < -0.3 is 14.4 Å². The monoisotopic (exact) mass is 337 g/mol. The number of rotatable bonds is 5.